The Hall–Kier alpha value is -2.44. The summed E-state index contributed by atoms with van der Waals surface area (Å²) >= 11 is 0. The minimum Gasteiger partial charge on any atom is -0.497 e. The van der Waals surface area contributed by atoms with Gasteiger partial charge in [0.2, 0.25) is 5.91 Å². The maximum Gasteiger partial charge on any atom is 0.312 e. The summed E-state index contributed by atoms with van der Waals surface area (Å²) in [6.07, 6.45) is 1.71. The Bertz CT molecular complexity index is 469. The van der Waals surface area contributed by atoms with Gasteiger partial charge in [0, 0.05) is 36.9 Å². The lowest BCUT2D eigenvalue weighted by molar-refractivity contribution is -0.116. The fourth-order valence-electron chi connectivity index (χ4n) is 1.73. The second-order valence-corrected chi connectivity index (χ2v) is 4.40. The Morgan fingerprint density at radius 2 is 1.71 bits per heavy atom. The van der Waals surface area contributed by atoms with Gasteiger partial charge in [-0.05, 0) is 12.8 Å². The van der Waals surface area contributed by atoms with Crippen molar-refractivity contribution in [2.24, 2.45) is 5.73 Å². The number of nitrogens with two attached hydrogens (primary N) is 1. The highest BCUT2D eigenvalue weighted by Crippen LogP contribution is 2.25. The maximum absolute atomic E-state index is 11.8. The van der Waals surface area contributed by atoms with E-state index in [-0.39, 0.29) is 5.91 Å². The van der Waals surface area contributed by atoms with Crippen molar-refractivity contribution >= 4 is 17.6 Å². The summed E-state index contributed by atoms with van der Waals surface area (Å²) in [5.74, 6) is 1.11. The van der Waals surface area contributed by atoms with E-state index in [1.54, 1.807) is 32.4 Å². The number of primary amides is 1. The molecule has 0 aliphatic heterocycles. The van der Waals surface area contributed by atoms with Crippen LogP contribution < -0.4 is 25.8 Å². The number of carbonyl (C=O) groups is 2. The molecular weight excluding hydrogens is 274 g/mol. The average Bonchev–Trinajstić information content (AvgIpc) is 2.46. The molecule has 4 N–H and O–H groups in total. The molecule has 3 amide bonds. The molecule has 21 heavy (non-hydrogen) atoms. The molecule has 0 heterocycles. The van der Waals surface area contributed by atoms with Gasteiger partial charge in [-0.2, -0.15) is 0 Å². The summed E-state index contributed by atoms with van der Waals surface area (Å²) in [6.45, 7) is 0.468. The number of rotatable bonds is 8. The number of hydrogen-bond acceptors (Lipinski definition) is 4. The molecule has 1 rings (SSSR count). The summed E-state index contributed by atoms with van der Waals surface area (Å²) in [7, 11) is 3.10. The lowest BCUT2D eigenvalue weighted by Crippen LogP contribution is -2.30. The van der Waals surface area contributed by atoms with Crippen molar-refractivity contribution in [1.29, 1.82) is 0 Å². The van der Waals surface area contributed by atoms with Crippen LogP contribution in [0.15, 0.2) is 18.2 Å². The van der Waals surface area contributed by atoms with Crippen LogP contribution >= 0.6 is 0 Å². The zero-order valence-corrected chi connectivity index (χ0v) is 12.3. The number of ether oxygens (including phenoxy) is 2. The number of methoxy groups -OCH3 is 2. The molecule has 0 saturated carbocycles. The molecule has 0 unspecified atom stereocenters. The highest BCUT2D eigenvalue weighted by molar-refractivity contribution is 5.91. The first-order chi connectivity index (χ1) is 10.0. The van der Waals surface area contributed by atoms with Crippen molar-refractivity contribution in [2.45, 2.75) is 19.3 Å². The van der Waals surface area contributed by atoms with Crippen LogP contribution in [-0.4, -0.2) is 32.7 Å². The first-order valence-corrected chi connectivity index (χ1v) is 6.61. The van der Waals surface area contributed by atoms with E-state index < -0.39 is 6.03 Å². The van der Waals surface area contributed by atoms with Crippen molar-refractivity contribution in [2.75, 3.05) is 26.1 Å². The molecule has 0 aliphatic carbocycles. The third-order valence-corrected chi connectivity index (χ3v) is 2.77. The standard InChI is InChI=1S/C14H21N3O4/c1-20-11-7-10(8-12(9-11)21-2)17-13(18)5-3-4-6-16-14(15)19/h7-9H,3-6H2,1-2H3,(H,17,18)(H3,15,16,19). The molecule has 0 radical (unpaired) electrons. The van der Waals surface area contributed by atoms with E-state index in [1.165, 1.54) is 0 Å². The Balaban J connectivity index is 2.42. The molecule has 1 aromatic rings. The van der Waals surface area contributed by atoms with Gasteiger partial charge in [-0.1, -0.05) is 0 Å². The zero-order valence-electron chi connectivity index (χ0n) is 12.3. The summed E-state index contributed by atoms with van der Waals surface area (Å²) in [4.78, 5) is 22.3. The van der Waals surface area contributed by atoms with Gasteiger partial charge in [-0.3, -0.25) is 4.79 Å². The van der Waals surface area contributed by atoms with E-state index >= 15 is 0 Å². The van der Waals surface area contributed by atoms with E-state index in [0.717, 1.165) is 0 Å². The van der Waals surface area contributed by atoms with E-state index in [0.29, 0.717) is 43.0 Å². The Morgan fingerprint density at radius 1 is 1.10 bits per heavy atom. The predicted molar refractivity (Wildman–Crippen MR) is 79.6 cm³/mol. The first-order valence-electron chi connectivity index (χ1n) is 6.61. The molecule has 0 aliphatic rings. The lowest BCUT2D eigenvalue weighted by Gasteiger charge is -2.10. The number of anilines is 1. The fourth-order valence-corrected chi connectivity index (χ4v) is 1.73. The maximum atomic E-state index is 11.8. The van der Waals surface area contributed by atoms with Gasteiger partial charge >= 0.3 is 6.03 Å². The third-order valence-electron chi connectivity index (χ3n) is 2.77. The van der Waals surface area contributed by atoms with Crippen LogP contribution in [0.1, 0.15) is 19.3 Å². The minimum atomic E-state index is -0.553. The van der Waals surface area contributed by atoms with E-state index in [1.807, 2.05) is 0 Å². The quantitative estimate of drug-likeness (QED) is 0.632. The van der Waals surface area contributed by atoms with Gasteiger partial charge in [0.05, 0.1) is 14.2 Å². The largest absolute Gasteiger partial charge is 0.497 e. The zero-order chi connectivity index (χ0) is 15.7. The predicted octanol–water partition coefficient (Wildman–Crippen LogP) is 1.48. The van der Waals surface area contributed by atoms with Crippen LogP contribution in [0.4, 0.5) is 10.5 Å². The first kappa shape index (κ1) is 16.6. The van der Waals surface area contributed by atoms with Gasteiger partial charge in [-0.25, -0.2) is 4.79 Å². The van der Waals surface area contributed by atoms with Gasteiger partial charge in [0.1, 0.15) is 11.5 Å². The number of urea groups is 1. The Labute approximate surface area is 123 Å². The number of nitrogens with one attached hydrogen (secondary N) is 2. The molecule has 0 atom stereocenters. The van der Waals surface area contributed by atoms with Gasteiger partial charge in [0.25, 0.3) is 0 Å². The number of amides is 3. The molecule has 0 fully saturated rings. The third kappa shape index (κ3) is 6.51. The number of benzene rings is 1. The number of hydrogen-bond donors (Lipinski definition) is 3. The summed E-state index contributed by atoms with van der Waals surface area (Å²) in [6, 6.07) is 4.61. The van der Waals surface area contributed by atoms with Crippen molar-refractivity contribution in [3.63, 3.8) is 0 Å². The smallest absolute Gasteiger partial charge is 0.312 e. The van der Waals surface area contributed by atoms with E-state index in [2.05, 4.69) is 10.6 Å². The molecule has 0 bridgehead atoms. The molecule has 0 saturated heterocycles. The Kier molecular flexibility index (Phi) is 6.86. The number of carbonyl (C=O) groups excluding carboxylic acids is 2. The summed E-state index contributed by atoms with van der Waals surface area (Å²) in [5.41, 5.74) is 5.56. The molecule has 116 valence electrons. The SMILES string of the molecule is COc1cc(NC(=O)CCCCNC(N)=O)cc(OC)c1. The monoisotopic (exact) mass is 295 g/mol. The fraction of sp³-hybridized carbons (Fsp3) is 0.429. The average molecular weight is 295 g/mol. The van der Waals surface area contributed by atoms with Crippen LogP contribution in [-0.2, 0) is 4.79 Å². The second-order valence-electron chi connectivity index (χ2n) is 4.40. The van der Waals surface area contributed by atoms with Crippen LogP contribution in [0, 0.1) is 0 Å². The van der Waals surface area contributed by atoms with Crippen molar-refractivity contribution in [3.05, 3.63) is 18.2 Å². The number of unbranched alkanes of at least 4 members (excludes halogenated alkanes) is 1. The minimum absolute atomic E-state index is 0.107. The molecule has 7 heteroatoms. The molecular formula is C14H21N3O4. The highest BCUT2D eigenvalue weighted by atomic mass is 16.5. The highest BCUT2D eigenvalue weighted by Gasteiger charge is 2.06. The second kappa shape index (κ2) is 8.68. The van der Waals surface area contributed by atoms with Crippen LogP contribution in [0.3, 0.4) is 0 Å². The van der Waals surface area contributed by atoms with Crippen molar-refractivity contribution in [3.8, 4) is 11.5 Å². The molecule has 0 aromatic heterocycles. The van der Waals surface area contributed by atoms with Gasteiger partial charge in [0.15, 0.2) is 0 Å². The van der Waals surface area contributed by atoms with Gasteiger partial charge < -0.3 is 25.8 Å². The molecule has 0 spiro atoms. The van der Waals surface area contributed by atoms with Crippen LogP contribution in [0.25, 0.3) is 0 Å². The normalized spacial score (nSPS) is 9.81. The van der Waals surface area contributed by atoms with E-state index in [9.17, 15) is 9.59 Å². The summed E-state index contributed by atoms with van der Waals surface area (Å²) < 4.78 is 10.3. The molecule has 1 aromatic carbocycles. The lowest BCUT2D eigenvalue weighted by atomic mass is 10.2. The Morgan fingerprint density at radius 3 is 2.24 bits per heavy atom. The van der Waals surface area contributed by atoms with Crippen LogP contribution in [0.5, 0.6) is 11.5 Å². The van der Waals surface area contributed by atoms with Crippen molar-refractivity contribution < 1.29 is 19.1 Å². The van der Waals surface area contributed by atoms with Crippen molar-refractivity contribution in [1.82, 2.24) is 5.32 Å². The summed E-state index contributed by atoms with van der Waals surface area (Å²) in [5, 5.41) is 5.25. The molecule has 7 nitrogen and oxygen atoms in total. The van der Waals surface area contributed by atoms with E-state index in [4.69, 9.17) is 15.2 Å². The van der Waals surface area contributed by atoms with Crippen LogP contribution in [0.2, 0.25) is 0 Å². The van der Waals surface area contributed by atoms with Gasteiger partial charge in [-0.15, -0.1) is 0 Å². The topological polar surface area (TPSA) is 103 Å².